The maximum absolute atomic E-state index is 12.0. The molecule has 1 heterocycles. The van der Waals surface area contributed by atoms with Gasteiger partial charge in [-0.25, -0.2) is 0 Å². The number of aromatic nitrogens is 1. The average molecular weight is 354 g/mol. The van der Waals surface area contributed by atoms with Crippen molar-refractivity contribution in [2.45, 2.75) is 0 Å². The number of carbonyl (C=O) groups is 1. The third-order valence-corrected chi connectivity index (χ3v) is 3.61. The molecule has 0 fully saturated rings. The molecule has 1 amide bonds. The second-order valence-corrected chi connectivity index (χ2v) is 5.52. The Morgan fingerprint density at radius 2 is 1.88 bits per heavy atom. The van der Waals surface area contributed by atoms with Crippen LogP contribution in [0.2, 0.25) is 0 Å². The van der Waals surface area contributed by atoms with Crippen LogP contribution in [0.1, 0.15) is 10.4 Å². The molecule has 0 bridgehead atoms. The number of amides is 1. The number of rotatable bonds is 2. The quantitative estimate of drug-likeness (QED) is 0.273. The van der Waals surface area contributed by atoms with E-state index in [0.29, 0.717) is 0 Å². The lowest BCUT2D eigenvalue weighted by Crippen LogP contribution is -2.43. The SMILES string of the molecule is O=C(NNC(=S)Nc1cccc2ncccc12)c1cc(O)ccc1O. The molecule has 25 heavy (non-hydrogen) atoms. The van der Waals surface area contributed by atoms with Gasteiger partial charge in [-0.05, 0) is 54.7 Å². The Bertz CT molecular complexity index is 956. The summed E-state index contributed by atoms with van der Waals surface area (Å²) in [6.45, 7) is 0. The molecular weight excluding hydrogens is 340 g/mol. The van der Waals surface area contributed by atoms with Crippen LogP contribution in [0.5, 0.6) is 11.5 Å². The van der Waals surface area contributed by atoms with E-state index in [9.17, 15) is 15.0 Å². The van der Waals surface area contributed by atoms with Gasteiger partial charge in [-0.15, -0.1) is 0 Å². The zero-order valence-electron chi connectivity index (χ0n) is 12.9. The molecular formula is C17H14N4O3S. The van der Waals surface area contributed by atoms with Gasteiger partial charge in [-0.1, -0.05) is 6.07 Å². The maximum Gasteiger partial charge on any atom is 0.273 e. The first kappa shape index (κ1) is 16.5. The average Bonchev–Trinajstić information content (AvgIpc) is 2.62. The fourth-order valence-electron chi connectivity index (χ4n) is 2.25. The normalized spacial score (nSPS) is 10.2. The van der Waals surface area contributed by atoms with Crippen LogP contribution in [0.15, 0.2) is 54.7 Å². The molecule has 0 aliphatic rings. The van der Waals surface area contributed by atoms with E-state index in [1.54, 1.807) is 6.20 Å². The molecule has 0 atom stereocenters. The number of hydrogen-bond donors (Lipinski definition) is 5. The monoisotopic (exact) mass is 354 g/mol. The van der Waals surface area contributed by atoms with Gasteiger partial charge in [0.05, 0.1) is 11.1 Å². The third kappa shape index (κ3) is 3.75. The first-order valence-electron chi connectivity index (χ1n) is 7.27. The van der Waals surface area contributed by atoms with Crippen molar-refractivity contribution in [3.63, 3.8) is 0 Å². The number of anilines is 1. The smallest absolute Gasteiger partial charge is 0.273 e. The molecule has 5 N–H and O–H groups in total. The molecule has 2 aromatic carbocycles. The van der Waals surface area contributed by atoms with Gasteiger partial charge < -0.3 is 15.5 Å². The Balaban J connectivity index is 1.66. The third-order valence-electron chi connectivity index (χ3n) is 3.41. The molecule has 0 aliphatic carbocycles. The summed E-state index contributed by atoms with van der Waals surface area (Å²) in [5.74, 6) is -1.03. The minimum Gasteiger partial charge on any atom is -0.508 e. The van der Waals surface area contributed by atoms with Gasteiger partial charge in [0.2, 0.25) is 0 Å². The summed E-state index contributed by atoms with van der Waals surface area (Å²) in [5.41, 5.74) is 6.37. The van der Waals surface area contributed by atoms with Crippen molar-refractivity contribution in [3.8, 4) is 11.5 Å². The molecule has 3 rings (SSSR count). The van der Waals surface area contributed by atoms with Crippen LogP contribution in [0.3, 0.4) is 0 Å². The molecule has 0 saturated heterocycles. The van der Waals surface area contributed by atoms with Crippen molar-refractivity contribution in [1.82, 2.24) is 15.8 Å². The molecule has 0 spiro atoms. The number of aromatic hydroxyl groups is 2. The number of fused-ring (bicyclic) bond motifs is 1. The molecule has 3 aromatic rings. The number of nitrogens with one attached hydrogen (secondary N) is 3. The molecule has 126 valence electrons. The van der Waals surface area contributed by atoms with E-state index in [1.807, 2.05) is 30.3 Å². The standard InChI is InChI=1S/C17H14N4O3S/c22-10-6-7-15(23)12(9-10)16(24)20-21-17(25)19-14-5-1-4-13-11(14)3-2-8-18-13/h1-9,22-23H,(H,20,24)(H2,19,21,25). The summed E-state index contributed by atoms with van der Waals surface area (Å²) in [6.07, 6.45) is 1.70. The highest BCUT2D eigenvalue weighted by atomic mass is 32.1. The first-order valence-corrected chi connectivity index (χ1v) is 7.68. The predicted molar refractivity (Wildman–Crippen MR) is 98.3 cm³/mol. The molecule has 0 radical (unpaired) electrons. The van der Waals surface area contributed by atoms with Crippen LogP contribution in [0, 0.1) is 0 Å². The van der Waals surface area contributed by atoms with E-state index >= 15 is 0 Å². The zero-order chi connectivity index (χ0) is 17.8. The molecule has 0 unspecified atom stereocenters. The van der Waals surface area contributed by atoms with Crippen LogP contribution in [0.4, 0.5) is 5.69 Å². The van der Waals surface area contributed by atoms with Gasteiger partial charge in [0.1, 0.15) is 11.5 Å². The van der Waals surface area contributed by atoms with Crippen LogP contribution in [-0.2, 0) is 0 Å². The van der Waals surface area contributed by atoms with E-state index in [1.165, 1.54) is 12.1 Å². The van der Waals surface area contributed by atoms with Crippen LogP contribution in [-0.4, -0.2) is 26.2 Å². The number of carbonyl (C=O) groups excluding carboxylic acids is 1. The van der Waals surface area contributed by atoms with Crippen LogP contribution < -0.4 is 16.2 Å². The largest absolute Gasteiger partial charge is 0.508 e. The summed E-state index contributed by atoms with van der Waals surface area (Å²) in [4.78, 5) is 16.3. The van der Waals surface area contributed by atoms with E-state index < -0.39 is 5.91 Å². The number of nitrogens with zero attached hydrogens (tertiary/aromatic N) is 1. The second kappa shape index (κ2) is 7.02. The lowest BCUT2D eigenvalue weighted by Gasteiger charge is -2.13. The highest BCUT2D eigenvalue weighted by Crippen LogP contribution is 2.22. The highest BCUT2D eigenvalue weighted by Gasteiger charge is 2.12. The minimum atomic E-state index is -0.642. The van der Waals surface area contributed by atoms with Crippen molar-refractivity contribution in [1.29, 1.82) is 0 Å². The fourth-order valence-corrected chi connectivity index (χ4v) is 2.41. The summed E-state index contributed by atoms with van der Waals surface area (Å²) >= 11 is 5.16. The lowest BCUT2D eigenvalue weighted by molar-refractivity contribution is 0.0941. The van der Waals surface area contributed by atoms with Crippen molar-refractivity contribution in [2.24, 2.45) is 0 Å². The molecule has 7 nitrogen and oxygen atoms in total. The highest BCUT2D eigenvalue weighted by molar-refractivity contribution is 7.80. The number of pyridine rings is 1. The number of benzene rings is 2. The number of phenolic OH excluding ortho intramolecular Hbond substituents is 2. The van der Waals surface area contributed by atoms with Gasteiger partial charge in [-0.2, -0.15) is 0 Å². The van der Waals surface area contributed by atoms with Crippen molar-refractivity contribution in [2.75, 3.05) is 5.32 Å². The predicted octanol–water partition coefficient (Wildman–Crippen LogP) is 2.28. The molecule has 0 aliphatic heterocycles. The lowest BCUT2D eigenvalue weighted by atomic mass is 10.2. The van der Waals surface area contributed by atoms with Crippen molar-refractivity contribution < 1.29 is 15.0 Å². The van der Waals surface area contributed by atoms with E-state index in [0.717, 1.165) is 22.7 Å². The maximum atomic E-state index is 12.0. The number of phenols is 2. The Hall–Kier alpha value is -3.39. The topological polar surface area (TPSA) is 107 Å². The Morgan fingerprint density at radius 1 is 1.04 bits per heavy atom. The van der Waals surface area contributed by atoms with Crippen LogP contribution in [0.25, 0.3) is 10.9 Å². The minimum absolute atomic E-state index is 0.0790. The van der Waals surface area contributed by atoms with Crippen LogP contribution >= 0.6 is 12.2 Å². The van der Waals surface area contributed by atoms with Crippen molar-refractivity contribution in [3.05, 3.63) is 60.3 Å². The summed E-state index contributed by atoms with van der Waals surface area (Å²) in [5, 5.41) is 23.1. The molecule has 0 saturated carbocycles. The molecule has 8 heteroatoms. The zero-order valence-corrected chi connectivity index (χ0v) is 13.7. The van der Waals surface area contributed by atoms with Crippen molar-refractivity contribution >= 4 is 39.8 Å². The summed E-state index contributed by atoms with van der Waals surface area (Å²) in [7, 11) is 0. The number of thiocarbonyl (C=S) groups is 1. The van der Waals surface area contributed by atoms with Gasteiger partial charge in [0.15, 0.2) is 5.11 Å². The van der Waals surface area contributed by atoms with Gasteiger partial charge >= 0.3 is 0 Å². The fraction of sp³-hybridized carbons (Fsp3) is 0. The second-order valence-electron chi connectivity index (χ2n) is 5.11. The van der Waals surface area contributed by atoms with E-state index in [-0.39, 0.29) is 22.2 Å². The van der Waals surface area contributed by atoms with Gasteiger partial charge in [0.25, 0.3) is 5.91 Å². The van der Waals surface area contributed by atoms with E-state index in [4.69, 9.17) is 12.2 Å². The Kier molecular flexibility index (Phi) is 4.62. The van der Waals surface area contributed by atoms with Gasteiger partial charge in [0, 0.05) is 17.3 Å². The van der Waals surface area contributed by atoms with Gasteiger partial charge in [-0.3, -0.25) is 20.6 Å². The summed E-state index contributed by atoms with van der Waals surface area (Å²) in [6, 6.07) is 12.9. The number of hydrogen-bond acceptors (Lipinski definition) is 5. The molecule has 1 aromatic heterocycles. The Labute approximate surface area is 148 Å². The van der Waals surface area contributed by atoms with E-state index in [2.05, 4.69) is 21.2 Å². The first-order chi connectivity index (χ1) is 12.0. The summed E-state index contributed by atoms with van der Waals surface area (Å²) < 4.78 is 0. The Morgan fingerprint density at radius 3 is 2.72 bits per heavy atom. The number of hydrazine groups is 1.